The lowest BCUT2D eigenvalue weighted by molar-refractivity contribution is -0.155. The van der Waals surface area contributed by atoms with E-state index < -0.39 is 30.1 Å². The van der Waals surface area contributed by atoms with Gasteiger partial charge >= 0.3 is 17.9 Å². The van der Waals surface area contributed by atoms with Crippen LogP contribution in [0.1, 0.15) is 32.3 Å². The normalized spacial score (nSPS) is 12.6. The van der Waals surface area contributed by atoms with Crippen molar-refractivity contribution >= 4 is 17.9 Å². The number of esters is 2. The molecule has 1 N–H and O–H groups in total. The van der Waals surface area contributed by atoms with Gasteiger partial charge in [0.25, 0.3) is 0 Å². The fraction of sp³-hybridized carbons (Fsp3) is 0.500. The number of hydrogen-bond donors (Lipinski definition) is 1. The molecule has 0 aliphatic carbocycles. The van der Waals surface area contributed by atoms with Crippen LogP contribution in [-0.4, -0.2) is 49.4 Å². The molecular formula is C18H24O8. The molecule has 1 aromatic carbocycles. The molecule has 0 aliphatic rings. The van der Waals surface area contributed by atoms with Crippen LogP contribution in [0.5, 0.6) is 11.5 Å². The molecule has 144 valence electrons. The summed E-state index contributed by atoms with van der Waals surface area (Å²) in [5, 5.41) is 8.86. The Labute approximate surface area is 152 Å². The SMILES string of the molecule is COc1cc(CC(=O)O[C@H](C)C[C@@H](CC(=O)O)OC(C)=O)cc(OC)c1. The van der Waals surface area contributed by atoms with Crippen LogP contribution in [0.25, 0.3) is 0 Å². The largest absolute Gasteiger partial charge is 0.497 e. The number of hydrogen-bond acceptors (Lipinski definition) is 7. The van der Waals surface area contributed by atoms with E-state index in [4.69, 9.17) is 24.1 Å². The number of ether oxygens (including phenoxy) is 4. The van der Waals surface area contributed by atoms with Crippen LogP contribution in [0.15, 0.2) is 18.2 Å². The Kier molecular flexibility index (Phi) is 8.41. The zero-order chi connectivity index (χ0) is 19.7. The van der Waals surface area contributed by atoms with Gasteiger partial charge in [0, 0.05) is 19.4 Å². The van der Waals surface area contributed by atoms with E-state index in [-0.39, 0.29) is 19.3 Å². The first-order chi connectivity index (χ1) is 12.2. The molecule has 0 heterocycles. The van der Waals surface area contributed by atoms with Gasteiger partial charge in [-0.1, -0.05) is 0 Å². The zero-order valence-electron chi connectivity index (χ0n) is 15.3. The van der Waals surface area contributed by atoms with Crippen molar-refractivity contribution in [1.82, 2.24) is 0 Å². The molecule has 1 rings (SSSR count). The van der Waals surface area contributed by atoms with E-state index in [1.54, 1.807) is 25.1 Å². The van der Waals surface area contributed by atoms with E-state index >= 15 is 0 Å². The van der Waals surface area contributed by atoms with Crippen LogP contribution in [0, 0.1) is 0 Å². The van der Waals surface area contributed by atoms with Gasteiger partial charge in [-0.15, -0.1) is 0 Å². The van der Waals surface area contributed by atoms with Crippen LogP contribution in [0.3, 0.4) is 0 Å². The second-order valence-corrected chi connectivity index (χ2v) is 5.76. The van der Waals surface area contributed by atoms with Crippen LogP contribution in [0.2, 0.25) is 0 Å². The number of methoxy groups -OCH3 is 2. The molecule has 0 amide bonds. The maximum atomic E-state index is 12.1. The van der Waals surface area contributed by atoms with Gasteiger partial charge in [0.2, 0.25) is 0 Å². The number of carbonyl (C=O) groups excluding carboxylic acids is 2. The Balaban J connectivity index is 2.65. The van der Waals surface area contributed by atoms with E-state index in [9.17, 15) is 14.4 Å². The minimum absolute atomic E-state index is 0.00490. The van der Waals surface area contributed by atoms with Gasteiger partial charge in [0.1, 0.15) is 23.7 Å². The first-order valence-electron chi connectivity index (χ1n) is 8.04. The molecule has 0 saturated heterocycles. The number of carboxylic acids is 1. The highest BCUT2D eigenvalue weighted by atomic mass is 16.6. The van der Waals surface area contributed by atoms with Gasteiger partial charge in [-0.2, -0.15) is 0 Å². The molecule has 0 unspecified atom stereocenters. The third-order valence-electron chi connectivity index (χ3n) is 3.42. The van der Waals surface area contributed by atoms with Gasteiger partial charge in [0.15, 0.2) is 0 Å². The molecule has 0 aromatic heterocycles. The van der Waals surface area contributed by atoms with Crippen molar-refractivity contribution in [2.75, 3.05) is 14.2 Å². The minimum Gasteiger partial charge on any atom is -0.497 e. The van der Waals surface area contributed by atoms with Gasteiger partial charge in [0.05, 0.1) is 27.1 Å². The van der Waals surface area contributed by atoms with E-state index in [1.165, 1.54) is 21.1 Å². The summed E-state index contributed by atoms with van der Waals surface area (Å²) in [5.41, 5.74) is 0.653. The fourth-order valence-corrected chi connectivity index (χ4v) is 2.42. The Morgan fingerprint density at radius 1 is 1.04 bits per heavy atom. The van der Waals surface area contributed by atoms with Crippen molar-refractivity contribution in [3.63, 3.8) is 0 Å². The van der Waals surface area contributed by atoms with Crippen LogP contribution < -0.4 is 9.47 Å². The molecule has 0 aliphatic heterocycles. The van der Waals surface area contributed by atoms with E-state index in [0.717, 1.165) is 0 Å². The molecule has 2 atom stereocenters. The van der Waals surface area contributed by atoms with Crippen LogP contribution >= 0.6 is 0 Å². The third-order valence-corrected chi connectivity index (χ3v) is 3.42. The van der Waals surface area contributed by atoms with Crippen molar-refractivity contribution < 1.29 is 38.4 Å². The summed E-state index contributed by atoms with van der Waals surface area (Å²) in [6.45, 7) is 2.81. The van der Waals surface area contributed by atoms with Crippen molar-refractivity contribution in [3.8, 4) is 11.5 Å². The molecule has 26 heavy (non-hydrogen) atoms. The highest BCUT2D eigenvalue weighted by Gasteiger charge is 2.22. The van der Waals surface area contributed by atoms with Crippen molar-refractivity contribution in [2.45, 2.75) is 45.3 Å². The zero-order valence-corrected chi connectivity index (χ0v) is 15.3. The first kappa shape index (κ1) is 21.3. The first-order valence-corrected chi connectivity index (χ1v) is 8.04. The third kappa shape index (κ3) is 7.87. The lowest BCUT2D eigenvalue weighted by atomic mass is 10.1. The topological polar surface area (TPSA) is 108 Å². The predicted molar refractivity (Wildman–Crippen MR) is 91.2 cm³/mol. The minimum atomic E-state index is -1.10. The molecule has 0 bridgehead atoms. The molecular weight excluding hydrogens is 344 g/mol. The lowest BCUT2D eigenvalue weighted by Gasteiger charge is -2.20. The van der Waals surface area contributed by atoms with Crippen LogP contribution in [-0.2, 0) is 30.3 Å². The predicted octanol–water partition coefficient (Wildman–Crippen LogP) is 1.97. The summed E-state index contributed by atoms with van der Waals surface area (Å²) in [6, 6.07) is 5.08. The van der Waals surface area contributed by atoms with Gasteiger partial charge in [-0.3, -0.25) is 14.4 Å². The fourth-order valence-electron chi connectivity index (χ4n) is 2.42. The molecule has 8 heteroatoms. The van der Waals surface area contributed by atoms with Crippen molar-refractivity contribution in [3.05, 3.63) is 23.8 Å². The summed E-state index contributed by atoms with van der Waals surface area (Å²) < 4.78 is 20.5. The van der Waals surface area contributed by atoms with Crippen molar-refractivity contribution in [1.29, 1.82) is 0 Å². The summed E-state index contributed by atoms with van der Waals surface area (Å²) in [5.74, 6) is -1.07. The molecule has 8 nitrogen and oxygen atoms in total. The molecule has 0 radical (unpaired) electrons. The number of rotatable bonds is 10. The average Bonchev–Trinajstić information content (AvgIpc) is 2.52. The monoisotopic (exact) mass is 368 g/mol. The quantitative estimate of drug-likeness (QED) is 0.625. The van der Waals surface area contributed by atoms with Gasteiger partial charge in [-0.05, 0) is 24.6 Å². The molecule has 0 fully saturated rings. The maximum Gasteiger partial charge on any atom is 0.310 e. The Morgan fingerprint density at radius 3 is 2.08 bits per heavy atom. The summed E-state index contributed by atoms with van der Waals surface area (Å²) in [4.78, 5) is 34.0. The number of aliphatic carboxylic acids is 1. The highest BCUT2D eigenvalue weighted by Crippen LogP contribution is 2.23. The molecule has 1 aromatic rings. The van der Waals surface area contributed by atoms with E-state index in [2.05, 4.69) is 0 Å². The van der Waals surface area contributed by atoms with E-state index in [1.807, 2.05) is 0 Å². The Morgan fingerprint density at radius 2 is 1.62 bits per heavy atom. The average molecular weight is 368 g/mol. The molecule has 0 saturated carbocycles. The molecule has 0 spiro atoms. The Bertz CT molecular complexity index is 602. The standard InChI is InChI=1S/C18H24O8/c1-11(5-16(10-17(20)21)26-12(2)19)25-18(22)8-13-6-14(23-3)9-15(7-13)24-4/h6-7,9,11,16H,5,8,10H2,1-4H3,(H,20,21)/t11-,16+/m1/s1. The summed E-state index contributed by atoms with van der Waals surface area (Å²) in [7, 11) is 3.02. The smallest absolute Gasteiger partial charge is 0.310 e. The summed E-state index contributed by atoms with van der Waals surface area (Å²) >= 11 is 0. The second-order valence-electron chi connectivity index (χ2n) is 5.76. The Hall–Kier alpha value is -2.77. The summed E-state index contributed by atoms with van der Waals surface area (Å²) in [6.07, 6.45) is -1.73. The van der Waals surface area contributed by atoms with Gasteiger partial charge < -0.3 is 24.1 Å². The van der Waals surface area contributed by atoms with Gasteiger partial charge in [-0.25, -0.2) is 0 Å². The number of benzene rings is 1. The number of carbonyl (C=O) groups is 3. The second kappa shape index (κ2) is 10.3. The maximum absolute atomic E-state index is 12.1. The highest BCUT2D eigenvalue weighted by molar-refractivity contribution is 5.73. The van der Waals surface area contributed by atoms with E-state index in [0.29, 0.717) is 17.1 Å². The van der Waals surface area contributed by atoms with Crippen LogP contribution in [0.4, 0.5) is 0 Å². The lowest BCUT2D eigenvalue weighted by Crippen LogP contribution is -2.27. The number of carboxylic acid groups (broad SMARTS) is 1. The van der Waals surface area contributed by atoms with Crippen molar-refractivity contribution in [2.24, 2.45) is 0 Å².